The van der Waals surface area contributed by atoms with E-state index in [1.807, 2.05) is 0 Å². The molecule has 0 spiro atoms. The standard InChI is InChI=1S/C14H26O2/c1-2-3-4-5-6-7-8-9-10-11-12-13-14(15)16/h9-10H,2-8,11-13H2,1H3,(H,15,16). The highest BCUT2D eigenvalue weighted by Crippen LogP contribution is 2.07. The molecule has 94 valence electrons. The van der Waals surface area contributed by atoms with Gasteiger partial charge < -0.3 is 5.11 Å². The van der Waals surface area contributed by atoms with Crippen molar-refractivity contribution in [1.29, 1.82) is 0 Å². The second kappa shape index (κ2) is 12.3. The maximum atomic E-state index is 10.2. The zero-order chi connectivity index (χ0) is 12.1. The topological polar surface area (TPSA) is 37.3 Å². The minimum absolute atomic E-state index is 0.293. The van der Waals surface area contributed by atoms with Crippen LogP contribution in [0.3, 0.4) is 0 Å². The third-order valence-corrected chi connectivity index (χ3v) is 2.65. The fourth-order valence-corrected chi connectivity index (χ4v) is 1.65. The van der Waals surface area contributed by atoms with E-state index in [9.17, 15) is 4.79 Å². The first-order valence-electron chi connectivity index (χ1n) is 6.64. The summed E-state index contributed by atoms with van der Waals surface area (Å²) in [7, 11) is 0. The zero-order valence-corrected chi connectivity index (χ0v) is 10.6. The van der Waals surface area contributed by atoms with Crippen LogP contribution >= 0.6 is 0 Å². The quantitative estimate of drug-likeness (QED) is 0.414. The number of allylic oxidation sites excluding steroid dienone is 2. The van der Waals surface area contributed by atoms with Gasteiger partial charge >= 0.3 is 5.97 Å². The van der Waals surface area contributed by atoms with Crippen molar-refractivity contribution in [2.45, 2.75) is 71.1 Å². The number of unbranched alkanes of at least 4 members (excludes halogenated alkanes) is 7. The van der Waals surface area contributed by atoms with Gasteiger partial charge in [0.1, 0.15) is 0 Å². The van der Waals surface area contributed by atoms with Crippen molar-refractivity contribution in [3.05, 3.63) is 12.2 Å². The maximum Gasteiger partial charge on any atom is 0.303 e. The molecule has 0 aromatic carbocycles. The normalized spacial score (nSPS) is 11.1. The molecule has 2 heteroatoms. The van der Waals surface area contributed by atoms with Crippen molar-refractivity contribution < 1.29 is 9.90 Å². The molecular formula is C14H26O2. The predicted molar refractivity (Wildman–Crippen MR) is 68.6 cm³/mol. The first-order valence-corrected chi connectivity index (χ1v) is 6.64. The van der Waals surface area contributed by atoms with Gasteiger partial charge in [-0.25, -0.2) is 0 Å². The van der Waals surface area contributed by atoms with Crippen LogP contribution in [0, 0.1) is 0 Å². The van der Waals surface area contributed by atoms with E-state index in [0.29, 0.717) is 6.42 Å². The Morgan fingerprint density at radius 3 is 2.12 bits per heavy atom. The molecule has 0 atom stereocenters. The molecule has 0 heterocycles. The van der Waals surface area contributed by atoms with Crippen LogP contribution in [0.1, 0.15) is 71.1 Å². The monoisotopic (exact) mass is 226 g/mol. The molecule has 0 aliphatic heterocycles. The average Bonchev–Trinajstić information content (AvgIpc) is 2.25. The minimum atomic E-state index is -0.690. The third-order valence-electron chi connectivity index (χ3n) is 2.65. The summed E-state index contributed by atoms with van der Waals surface area (Å²) >= 11 is 0. The predicted octanol–water partition coefficient (Wildman–Crippen LogP) is 4.55. The summed E-state index contributed by atoms with van der Waals surface area (Å²) in [6.45, 7) is 2.24. The summed E-state index contributed by atoms with van der Waals surface area (Å²) in [5.74, 6) is -0.690. The van der Waals surface area contributed by atoms with Crippen LogP contribution in [0.2, 0.25) is 0 Å². The summed E-state index contributed by atoms with van der Waals surface area (Å²) < 4.78 is 0. The Balaban J connectivity index is 3.06. The third kappa shape index (κ3) is 13.2. The van der Waals surface area contributed by atoms with Gasteiger partial charge in [-0.15, -0.1) is 0 Å². The zero-order valence-electron chi connectivity index (χ0n) is 10.6. The van der Waals surface area contributed by atoms with Gasteiger partial charge in [-0.05, 0) is 25.7 Å². The van der Waals surface area contributed by atoms with Crippen LogP contribution in [0.4, 0.5) is 0 Å². The number of carboxylic acid groups (broad SMARTS) is 1. The Kier molecular flexibility index (Phi) is 11.7. The van der Waals surface area contributed by atoms with Gasteiger partial charge in [-0.1, -0.05) is 51.2 Å². The Hall–Kier alpha value is -0.790. The molecule has 0 saturated carbocycles. The molecule has 0 rings (SSSR count). The Morgan fingerprint density at radius 2 is 1.50 bits per heavy atom. The SMILES string of the molecule is CCCCCCCCC=CCCCC(=O)O. The van der Waals surface area contributed by atoms with Gasteiger partial charge in [0, 0.05) is 6.42 Å². The Morgan fingerprint density at radius 1 is 0.938 bits per heavy atom. The van der Waals surface area contributed by atoms with Crippen molar-refractivity contribution in [3.63, 3.8) is 0 Å². The van der Waals surface area contributed by atoms with Crippen LogP contribution in [0.25, 0.3) is 0 Å². The number of rotatable bonds is 11. The van der Waals surface area contributed by atoms with Crippen molar-refractivity contribution in [3.8, 4) is 0 Å². The molecule has 0 aromatic rings. The summed E-state index contributed by atoms with van der Waals surface area (Å²) in [6.07, 6.45) is 15.5. The Labute approximate surface area is 99.7 Å². The lowest BCUT2D eigenvalue weighted by Crippen LogP contribution is -1.92. The molecule has 0 saturated heterocycles. The first-order chi connectivity index (χ1) is 7.77. The van der Waals surface area contributed by atoms with Crippen molar-refractivity contribution in [1.82, 2.24) is 0 Å². The molecule has 0 fully saturated rings. The van der Waals surface area contributed by atoms with E-state index < -0.39 is 5.97 Å². The van der Waals surface area contributed by atoms with Gasteiger partial charge in [-0.2, -0.15) is 0 Å². The molecule has 0 bridgehead atoms. The van der Waals surface area contributed by atoms with Gasteiger partial charge in [0.05, 0.1) is 0 Å². The molecule has 1 N–H and O–H groups in total. The molecule has 0 radical (unpaired) electrons. The van der Waals surface area contributed by atoms with Gasteiger partial charge in [-0.3, -0.25) is 4.79 Å². The second-order valence-corrected chi connectivity index (χ2v) is 4.31. The van der Waals surface area contributed by atoms with E-state index in [-0.39, 0.29) is 0 Å². The van der Waals surface area contributed by atoms with Crippen LogP contribution in [-0.2, 0) is 4.79 Å². The molecule has 0 aliphatic rings. The van der Waals surface area contributed by atoms with E-state index in [4.69, 9.17) is 5.11 Å². The summed E-state index contributed by atoms with van der Waals surface area (Å²) in [5.41, 5.74) is 0. The van der Waals surface area contributed by atoms with E-state index in [0.717, 1.165) is 19.3 Å². The lowest BCUT2D eigenvalue weighted by atomic mass is 10.1. The lowest BCUT2D eigenvalue weighted by Gasteiger charge is -1.97. The van der Waals surface area contributed by atoms with Gasteiger partial charge in [0.15, 0.2) is 0 Å². The molecule has 0 aliphatic carbocycles. The number of carbonyl (C=O) groups is 1. The number of carboxylic acids is 1. The van der Waals surface area contributed by atoms with Crippen LogP contribution in [0.15, 0.2) is 12.2 Å². The number of hydrogen-bond acceptors (Lipinski definition) is 1. The molecule has 0 amide bonds. The van der Waals surface area contributed by atoms with Crippen molar-refractivity contribution >= 4 is 5.97 Å². The van der Waals surface area contributed by atoms with E-state index in [1.54, 1.807) is 0 Å². The van der Waals surface area contributed by atoms with Crippen LogP contribution in [0.5, 0.6) is 0 Å². The van der Waals surface area contributed by atoms with Gasteiger partial charge in [0.2, 0.25) is 0 Å². The van der Waals surface area contributed by atoms with Gasteiger partial charge in [0.25, 0.3) is 0 Å². The fourth-order valence-electron chi connectivity index (χ4n) is 1.65. The molecular weight excluding hydrogens is 200 g/mol. The number of hydrogen-bond donors (Lipinski definition) is 1. The largest absolute Gasteiger partial charge is 0.481 e. The highest BCUT2D eigenvalue weighted by molar-refractivity contribution is 5.66. The summed E-state index contributed by atoms with van der Waals surface area (Å²) in [4.78, 5) is 10.2. The number of aliphatic carboxylic acids is 1. The van der Waals surface area contributed by atoms with E-state index in [1.165, 1.54) is 38.5 Å². The second-order valence-electron chi connectivity index (χ2n) is 4.31. The smallest absolute Gasteiger partial charge is 0.303 e. The molecule has 2 nitrogen and oxygen atoms in total. The molecule has 0 aromatic heterocycles. The molecule has 16 heavy (non-hydrogen) atoms. The maximum absolute atomic E-state index is 10.2. The summed E-state index contributed by atoms with van der Waals surface area (Å²) in [6, 6.07) is 0. The highest BCUT2D eigenvalue weighted by Gasteiger charge is 1.93. The highest BCUT2D eigenvalue weighted by atomic mass is 16.4. The summed E-state index contributed by atoms with van der Waals surface area (Å²) in [5, 5.41) is 8.43. The van der Waals surface area contributed by atoms with Crippen LogP contribution < -0.4 is 0 Å². The Bertz CT molecular complexity index is 185. The van der Waals surface area contributed by atoms with Crippen LogP contribution in [-0.4, -0.2) is 11.1 Å². The fraction of sp³-hybridized carbons (Fsp3) is 0.786. The van der Waals surface area contributed by atoms with E-state index >= 15 is 0 Å². The van der Waals surface area contributed by atoms with Crippen molar-refractivity contribution in [2.75, 3.05) is 0 Å². The average molecular weight is 226 g/mol. The van der Waals surface area contributed by atoms with Crippen molar-refractivity contribution in [2.24, 2.45) is 0 Å². The minimum Gasteiger partial charge on any atom is -0.481 e. The first kappa shape index (κ1) is 15.2. The lowest BCUT2D eigenvalue weighted by molar-refractivity contribution is -0.137. The van der Waals surface area contributed by atoms with E-state index in [2.05, 4.69) is 19.1 Å². The molecule has 0 unspecified atom stereocenters.